The third-order valence-corrected chi connectivity index (χ3v) is 3.59. The van der Waals surface area contributed by atoms with E-state index in [1.807, 2.05) is 0 Å². The summed E-state index contributed by atoms with van der Waals surface area (Å²) in [4.78, 5) is 8.77. The Morgan fingerprint density at radius 1 is 1.33 bits per heavy atom. The van der Waals surface area contributed by atoms with Gasteiger partial charge in [0, 0.05) is 25.3 Å². The molecule has 6 heteroatoms. The summed E-state index contributed by atoms with van der Waals surface area (Å²) in [7, 11) is 2.80. The quantitative estimate of drug-likeness (QED) is 0.693. The SMILES string of the molecule is CN(C)C1CCN(c2cc(B(O)O)ccn2)CC1. The second kappa shape index (κ2) is 5.69. The molecule has 0 unspecified atom stereocenters. The van der Waals surface area contributed by atoms with Gasteiger partial charge in [-0.25, -0.2) is 4.98 Å². The Morgan fingerprint density at radius 3 is 2.56 bits per heavy atom. The summed E-state index contributed by atoms with van der Waals surface area (Å²) in [6, 6.07) is 4.01. The number of pyridine rings is 1. The Bertz CT molecular complexity index is 393. The normalized spacial score (nSPS) is 17.3. The molecule has 2 rings (SSSR count). The van der Waals surface area contributed by atoms with Gasteiger partial charge in [0.25, 0.3) is 0 Å². The highest BCUT2D eigenvalue weighted by Gasteiger charge is 2.22. The molecule has 1 aromatic rings. The fraction of sp³-hybridized carbons (Fsp3) is 0.583. The third-order valence-electron chi connectivity index (χ3n) is 3.59. The number of anilines is 1. The zero-order chi connectivity index (χ0) is 13.1. The van der Waals surface area contributed by atoms with Gasteiger partial charge in [-0.3, -0.25) is 0 Å². The van der Waals surface area contributed by atoms with Crippen molar-refractivity contribution in [3.63, 3.8) is 0 Å². The van der Waals surface area contributed by atoms with Crippen molar-refractivity contribution in [3.8, 4) is 0 Å². The molecule has 0 saturated carbocycles. The summed E-state index contributed by atoms with van der Waals surface area (Å²) in [5.41, 5.74) is 0.495. The smallest absolute Gasteiger partial charge is 0.423 e. The molecule has 0 bridgehead atoms. The number of aromatic nitrogens is 1. The predicted octanol–water partition coefficient (Wildman–Crippen LogP) is -0.708. The van der Waals surface area contributed by atoms with Gasteiger partial charge in [0.1, 0.15) is 5.82 Å². The molecule has 1 saturated heterocycles. The molecule has 1 aliphatic rings. The molecule has 0 radical (unpaired) electrons. The van der Waals surface area contributed by atoms with Gasteiger partial charge in [-0.15, -0.1) is 0 Å². The van der Waals surface area contributed by atoms with Crippen LogP contribution >= 0.6 is 0 Å². The van der Waals surface area contributed by atoms with Gasteiger partial charge in [0.15, 0.2) is 0 Å². The second-order valence-corrected chi connectivity index (χ2v) is 5.00. The molecule has 18 heavy (non-hydrogen) atoms. The zero-order valence-electron chi connectivity index (χ0n) is 11.0. The first kappa shape index (κ1) is 13.3. The summed E-state index contributed by atoms with van der Waals surface area (Å²) in [5, 5.41) is 18.3. The lowest BCUT2D eigenvalue weighted by Gasteiger charge is -2.35. The number of piperidine rings is 1. The van der Waals surface area contributed by atoms with Gasteiger partial charge in [0.05, 0.1) is 0 Å². The summed E-state index contributed by atoms with van der Waals surface area (Å²) in [6.45, 7) is 1.92. The van der Waals surface area contributed by atoms with Crippen LogP contribution < -0.4 is 10.4 Å². The third kappa shape index (κ3) is 3.01. The predicted molar refractivity (Wildman–Crippen MR) is 73.0 cm³/mol. The number of hydrogen-bond acceptors (Lipinski definition) is 5. The lowest BCUT2D eigenvalue weighted by atomic mass is 9.81. The van der Waals surface area contributed by atoms with Crippen LogP contribution in [0.2, 0.25) is 0 Å². The minimum absolute atomic E-state index is 0.495. The second-order valence-electron chi connectivity index (χ2n) is 5.00. The molecule has 98 valence electrons. The van der Waals surface area contributed by atoms with Crippen molar-refractivity contribution in [1.82, 2.24) is 9.88 Å². The number of rotatable bonds is 3. The molecule has 1 aromatic heterocycles. The van der Waals surface area contributed by atoms with E-state index < -0.39 is 7.12 Å². The van der Waals surface area contributed by atoms with Crippen LogP contribution in [0.3, 0.4) is 0 Å². The first-order valence-electron chi connectivity index (χ1n) is 6.31. The van der Waals surface area contributed by atoms with Crippen molar-refractivity contribution >= 4 is 18.4 Å². The largest absolute Gasteiger partial charge is 0.488 e. The fourth-order valence-electron chi connectivity index (χ4n) is 2.38. The van der Waals surface area contributed by atoms with Gasteiger partial charge in [-0.1, -0.05) is 0 Å². The fourth-order valence-corrected chi connectivity index (χ4v) is 2.38. The molecule has 2 heterocycles. The van der Waals surface area contributed by atoms with E-state index in [1.165, 1.54) is 0 Å². The van der Waals surface area contributed by atoms with E-state index >= 15 is 0 Å². The zero-order valence-corrected chi connectivity index (χ0v) is 11.0. The van der Waals surface area contributed by atoms with E-state index in [2.05, 4.69) is 28.9 Å². The molecule has 0 aliphatic carbocycles. The first-order chi connectivity index (χ1) is 8.58. The molecule has 0 amide bonds. The van der Waals surface area contributed by atoms with Gasteiger partial charge in [0.2, 0.25) is 0 Å². The molecular formula is C12H20BN3O2. The Labute approximate surface area is 108 Å². The molecule has 1 fully saturated rings. The first-order valence-corrected chi connectivity index (χ1v) is 6.31. The average Bonchev–Trinajstić information content (AvgIpc) is 2.39. The van der Waals surface area contributed by atoms with Crippen molar-refractivity contribution in [2.24, 2.45) is 0 Å². The van der Waals surface area contributed by atoms with E-state index in [0.29, 0.717) is 11.5 Å². The lowest BCUT2D eigenvalue weighted by molar-refractivity contribution is 0.249. The standard InChI is InChI=1S/C12H20BN3O2/c1-15(2)11-4-7-16(8-5-11)12-9-10(13(17)18)3-6-14-12/h3,6,9,11,17-18H,4-5,7-8H2,1-2H3. The van der Waals surface area contributed by atoms with Crippen molar-refractivity contribution in [3.05, 3.63) is 18.3 Å². The molecule has 0 atom stereocenters. The highest BCUT2D eigenvalue weighted by atomic mass is 16.4. The molecule has 1 aliphatic heterocycles. The Hall–Kier alpha value is -1.11. The van der Waals surface area contributed by atoms with Crippen LogP contribution in [0.25, 0.3) is 0 Å². The van der Waals surface area contributed by atoms with Crippen LogP contribution in [0.1, 0.15) is 12.8 Å². The summed E-state index contributed by atoms with van der Waals surface area (Å²) in [5.74, 6) is 0.831. The lowest BCUT2D eigenvalue weighted by Crippen LogP contribution is -2.42. The van der Waals surface area contributed by atoms with Crippen molar-refractivity contribution in [2.75, 3.05) is 32.1 Å². The van der Waals surface area contributed by atoms with Crippen LogP contribution in [0.15, 0.2) is 18.3 Å². The highest BCUT2D eigenvalue weighted by Crippen LogP contribution is 2.18. The Morgan fingerprint density at radius 2 is 2.00 bits per heavy atom. The van der Waals surface area contributed by atoms with E-state index in [1.54, 1.807) is 18.3 Å². The van der Waals surface area contributed by atoms with Crippen molar-refractivity contribution < 1.29 is 10.0 Å². The summed E-state index contributed by atoms with van der Waals surface area (Å²) >= 11 is 0. The molecule has 5 nitrogen and oxygen atoms in total. The van der Waals surface area contributed by atoms with Crippen LogP contribution in [0.5, 0.6) is 0 Å². The highest BCUT2D eigenvalue weighted by molar-refractivity contribution is 6.58. The van der Waals surface area contributed by atoms with Crippen LogP contribution in [-0.2, 0) is 0 Å². The summed E-state index contributed by atoms with van der Waals surface area (Å²) < 4.78 is 0. The Kier molecular flexibility index (Phi) is 4.21. The minimum atomic E-state index is -1.42. The van der Waals surface area contributed by atoms with E-state index in [0.717, 1.165) is 31.7 Å². The van der Waals surface area contributed by atoms with Crippen LogP contribution in [-0.4, -0.2) is 60.3 Å². The minimum Gasteiger partial charge on any atom is -0.423 e. The maximum absolute atomic E-state index is 9.16. The van der Waals surface area contributed by atoms with Gasteiger partial charge >= 0.3 is 7.12 Å². The maximum Gasteiger partial charge on any atom is 0.488 e. The average molecular weight is 249 g/mol. The van der Waals surface area contributed by atoms with Crippen LogP contribution in [0, 0.1) is 0 Å². The van der Waals surface area contributed by atoms with Crippen molar-refractivity contribution in [1.29, 1.82) is 0 Å². The molecular weight excluding hydrogens is 229 g/mol. The van der Waals surface area contributed by atoms with Gasteiger partial charge in [-0.05, 0) is 44.5 Å². The van der Waals surface area contributed by atoms with Crippen LogP contribution in [0.4, 0.5) is 5.82 Å². The van der Waals surface area contributed by atoms with E-state index in [4.69, 9.17) is 10.0 Å². The van der Waals surface area contributed by atoms with Crippen molar-refractivity contribution in [2.45, 2.75) is 18.9 Å². The summed E-state index contributed by atoms with van der Waals surface area (Å²) in [6.07, 6.45) is 3.85. The maximum atomic E-state index is 9.16. The van der Waals surface area contributed by atoms with Gasteiger partial charge in [-0.2, -0.15) is 0 Å². The van der Waals surface area contributed by atoms with Gasteiger partial charge < -0.3 is 19.8 Å². The molecule has 0 spiro atoms. The topological polar surface area (TPSA) is 59.8 Å². The molecule has 2 N–H and O–H groups in total. The number of hydrogen-bond donors (Lipinski definition) is 2. The Balaban J connectivity index is 2.03. The molecule has 0 aromatic carbocycles. The monoisotopic (exact) mass is 249 g/mol. The van der Waals surface area contributed by atoms with E-state index in [-0.39, 0.29) is 0 Å². The number of nitrogens with zero attached hydrogens (tertiary/aromatic N) is 3. The van der Waals surface area contributed by atoms with E-state index in [9.17, 15) is 0 Å².